The van der Waals surface area contributed by atoms with E-state index in [1.54, 1.807) is 4.90 Å². The van der Waals surface area contributed by atoms with Gasteiger partial charge in [-0.15, -0.1) is 0 Å². The average Bonchev–Trinajstić information content (AvgIpc) is 3.41. The number of carboxylic acids is 2. The van der Waals surface area contributed by atoms with Crippen molar-refractivity contribution in [1.82, 2.24) is 14.7 Å². The van der Waals surface area contributed by atoms with Gasteiger partial charge in [0.2, 0.25) is 5.91 Å². The smallest absolute Gasteiger partial charge is 0.345 e. The van der Waals surface area contributed by atoms with E-state index in [-0.39, 0.29) is 5.91 Å². The lowest BCUT2D eigenvalue weighted by Crippen LogP contribution is -2.41. The highest BCUT2D eigenvalue weighted by atomic mass is 16.5. The van der Waals surface area contributed by atoms with E-state index in [2.05, 4.69) is 5.10 Å². The number of amides is 2. The first-order chi connectivity index (χ1) is 19.2. The topological polar surface area (TPSA) is 142 Å². The zero-order valence-corrected chi connectivity index (χ0v) is 22.5. The normalized spacial score (nSPS) is 12.5. The molecular formula is C29H32N4O7. The first kappa shape index (κ1) is 28.3. The molecule has 1 aromatic heterocycles. The summed E-state index contributed by atoms with van der Waals surface area (Å²) in [6.45, 7) is 3.54. The van der Waals surface area contributed by atoms with Gasteiger partial charge >= 0.3 is 18.0 Å². The second-order valence-electron chi connectivity index (χ2n) is 9.70. The number of carbonyl (C=O) groups is 4. The van der Waals surface area contributed by atoms with Gasteiger partial charge < -0.3 is 24.7 Å². The van der Waals surface area contributed by atoms with Crippen molar-refractivity contribution in [1.29, 1.82) is 0 Å². The van der Waals surface area contributed by atoms with Crippen LogP contribution in [0.3, 0.4) is 0 Å². The summed E-state index contributed by atoms with van der Waals surface area (Å²) < 4.78 is 6.84. The molecular weight excluding hydrogens is 516 g/mol. The third-order valence-corrected chi connectivity index (χ3v) is 6.91. The van der Waals surface area contributed by atoms with Gasteiger partial charge in [-0.25, -0.2) is 4.79 Å². The van der Waals surface area contributed by atoms with Crippen LogP contribution in [0.4, 0.5) is 10.5 Å². The molecule has 40 heavy (non-hydrogen) atoms. The van der Waals surface area contributed by atoms with E-state index in [1.807, 2.05) is 50.2 Å². The second kappa shape index (κ2) is 12.5. The summed E-state index contributed by atoms with van der Waals surface area (Å²) in [7, 11) is 0. The number of carboxylic acid groups (broad SMARTS) is 2. The number of ether oxygens (including phenoxy) is 1. The standard InChI is InChI=1S/C29H32N4O7/c1-19-7-3-11-25(20(19)2)40-14-6-12-26(34)32-13-5-9-23-22(8-4-10-24(23)32)21-15-30-33(16-21)29(39)31(17-27(35)36)18-28(37)38/h3-4,7-8,10-11,15-16H,5-6,9,12-14,17-18H2,1-2H3,(H,35,36)(H,37,38). The molecule has 2 amide bonds. The number of nitrogens with zero attached hydrogens (tertiary/aromatic N) is 4. The predicted molar refractivity (Wildman–Crippen MR) is 147 cm³/mol. The molecule has 4 rings (SSSR count). The zero-order valence-electron chi connectivity index (χ0n) is 22.5. The van der Waals surface area contributed by atoms with Gasteiger partial charge in [0, 0.05) is 30.4 Å². The van der Waals surface area contributed by atoms with E-state index in [4.69, 9.17) is 14.9 Å². The molecule has 0 radical (unpaired) electrons. The van der Waals surface area contributed by atoms with Crippen LogP contribution >= 0.6 is 0 Å². The van der Waals surface area contributed by atoms with Gasteiger partial charge in [-0.3, -0.25) is 14.4 Å². The van der Waals surface area contributed by atoms with Crippen LogP contribution < -0.4 is 9.64 Å². The highest BCUT2D eigenvalue weighted by Gasteiger charge is 2.26. The molecule has 0 saturated carbocycles. The van der Waals surface area contributed by atoms with Crippen molar-refractivity contribution >= 4 is 29.6 Å². The van der Waals surface area contributed by atoms with Crippen molar-refractivity contribution in [3.8, 4) is 16.9 Å². The Bertz CT molecular complexity index is 1420. The summed E-state index contributed by atoms with van der Waals surface area (Å²) in [5.41, 5.74) is 5.41. The second-order valence-corrected chi connectivity index (χ2v) is 9.70. The number of fused-ring (bicyclic) bond motifs is 1. The minimum Gasteiger partial charge on any atom is -0.493 e. The van der Waals surface area contributed by atoms with Gasteiger partial charge in [0.15, 0.2) is 0 Å². The van der Waals surface area contributed by atoms with E-state index in [0.29, 0.717) is 36.5 Å². The number of rotatable bonds is 10. The molecule has 2 heterocycles. The number of anilines is 1. The molecule has 0 bridgehead atoms. The van der Waals surface area contributed by atoms with E-state index < -0.39 is 31.1 Å². The van der Waals surface area contributed by atoms with E-state index in [9.17, 15) is 19.2 Å². The quantitative estimate of drug-likeness (QED) is 0.365. The van der Waals surface area contributed by atoms with E-state index in [1.165, 1.54) is 12.4 Å². The molecule has 3 aromatic rings. The number of hydrogen-bond donors (Lipinski definition) is 2. The Morgan fingerprint density at radius 1 is 1.02 bits per heavy atom. The monoisotopic (exact) mass is 548 g/mol. The van der Waals surface area contributed by atoms with Crippen LogP contribution in [0.15, 0.2) is 48.8 Å². The van der Waals surface area contributed by atoms with Crippen LogP contribution in [0.2, 0.25) is 0 Å². The molecule has 0 aliphatic carbocycles. The number of aryl methyl sites for hydroxylation is 1. The van der Waals surface area contributed by atoms with Crippen molar-refractivity contribution in [3.63, 3.8) is 0 Å². The van der Waals surface area contributed by atoms with Crippen molar-refractivity contribution in [2.24, 2.45) is 0 Å². The summed E-state index contributed by atoms with van der Waals surface area (Å²) in [5, 5.41) is 22.2. The molecule has 0 atom stereocenters. The van der Waals surface area contributed by atoms with Crippen LogP contribution in [0.25, 0.3) is 11.1 Å². The number of hydrogen-bond acceptors (Lipinski definition) is 6. The Labute approximate surface area is 231 Å². The molecule has 0 fully saturated rings. The minimum atomic E-state index is -1.33. The van der Waals surface area contributed by atoms with Crippen molar-refractivity contribution in [3.05, 3.63) is 65.5 Å². The van der Waals surface area contributed by atoms with Gasteiger partial charge in [0.25, 0.3) is 0 Å². The van der Waals surface area contributed by atoms with E-state index >= 15 is 0 Å². The molecule has 11 nitrogen and oxygen atoms in total. The predicted octanol–water partition coefficient (Wildman–Crippen LogP) is 3.74. The van der Waals surface area contributed by atoms with Crippen molar-refractivity contribution in [2.45, 2.75) is 39.5 Å². The zero-order chi connectivity index (χ0) is 28.8. The number of aliphatic carboxylic acids is 2. The maximum absolute atomic E-state index is 13.2. The largest absolute Gasteiger partial charge is 0.493 e. The highest BCUT2D eigenvalue weighted by molar-refractivity contribution is 5.96. The first-order valence-corrected chi connectivity index (χ1v) is 13.0. The summed E-state index contributed by atoms with van der Waals surface area (Å²) in [6.07, 6.45) is 5.33. The van der Waals surface area contributed by atoms with E-state index in [0.717, 1.165) is 51.2 Å². The summed E-state index contributed by atoms with van der Waals surface area (Å²) in [4.78, 5) is 50.7. The maximum Gasteiger partial charge on any atom is 0.345 e. The van der Waals surface area contributed by atoms with Crippen LogP contribution in [0.5, 0.6) is 5.75 Å². The van der Waals surface area contributed by atoms with Gasteiger partial charge in [-0.1, -0.05) is 24.3 Å². The van der Waals surface area contributed by atoms with Gasteiger partial charge in [-0.2, -0.15) is 9.78 Å². The molecule has 2 aromatic carbocycles. The number of aromatic nitrogens is 2. The number of benzene rings is 2. The maximum atomic E-state index is 13.2. The first-order valence-electron chi connectivity index (χ1n) is 13.0. The SMILES string of the molecule is Cc1cccc(OCCCC(=O)N2CCCc3c(-c4cnn(C(=O)N(CC(=O)O)CC(=O)O)c4)cccc32)c1C. The lowest BCUT2D eigenvalue weighted by Gasteiger charge is -2.31. The Balaban J connectivity index is 1.46. The van der Waals surface area contributed by atoms with Gasteiger partial charge in [0.1, 0.15) is 18.8 Å². The van der Waals surface area contributed by atoms with Crippen LogP contribution in [0, 0.1) is 13.8 Å². The summed E-state index contributed by atoms with van der Waals surface area (Å²) >= 11 is 0. The molecule has 1 aliphatic heterocycles. The van der Waals surface area contributed by atoms with Gasteiger partial charge in [-0.05, 0) is 67.5 Å². The lowest BCUT2D eigenvalue weighted by atomic mass is 9.93. The fourth-order valence-electron chi connectivity index (χ4n) is 4.80. The Kier molecular flexibility index (Phi) is 8.83. The number of carbonyl (C=O) groups excluding carboxylic acids is 2. The average molecular weight is 549 g/mol. The Morgan fingerprint density at radius 2 is 1.75 bits per heavy atom. The van der Waals surface area contributed by atoms with Crippen LogP contribution in [-0.4, -0.2) is 75.0 Å². The lowest BCUT2D eigenvalue weighted by molar-refractivity contribution is -0.140. The molecule has 210 valence electrons. The van der Waals surface area contributed by atoms with Crippen LogP contribution in [0.1, 0.15) is 36.0 Å². The summed E-state index contributed by atoms with van der Waals surface area (Å²) in [5.74, 6) is -1.83. The molecule has 2 N–H and O–H groups in total. The third kappa shape index (κ3) is 6.48. The van der Waals surface area contributed by atoms with Crippen molar-refractivity contribution < 1.29 is 34.1 Å². The molecule has 1 aliphatic rings. The Morgan fingerprint density at radius 3 is 2.48 bits per heavy atom. The third-order valence-electron chi connectivity index (χ3n) is 6.91. The van der Waals surface area contributed by atoms with Crippen LogP contribution in [-0.2, 0) is 20.8 Å². The molecule has 0 spiro atoms. The summed E-state index contributed by atoms with van der Waals surface area (Å²) in [6, 6.07) is 10.7. The highest BCUT2D eigenvalue weighted by Crippen LogP contribution is 2.35. The van der Waals surface area contributed by atoms with Gasteiger partial charge in [0.05, 0.1) is 12.8 Å². The fraction of sp³-hybridized carbons (Fsp3) is 0.345. The Hall–Kier alpha value is -4.67. The minimum absolute atomic E-state index is 0.00604. The fourth-order valence-corrected chi connectivity index (χ4v) is 4.80. The molecule has 0 unspecified atom stereocenters. The molecule has 11 heteroatoms. The molecule has 0 saturated heterocycles. The van der Waals surface area contributed by atoms with Crippen molar-refractivity contribution in [2.75, 3.05) is 31.1 Å².